The molecule has 0 saturated heterocycles. The molecule has 118 valence electrons. The number of benzene rings is 2. The first-order valence-electron chi connectivity index (χ1n) is 7.50. The maximum atomic E-state index is 6.13. The van der Waals surface area contributed by atoms with E-state index in [0.717, 1.165) is 11.5 Å². The molecule has 3 nitrogen and oxygen atoms in total. The van der Waals surface area contributed by atoms with Gasteiger partial charge in [-0.25, -0.2) is 0 Å². The summed E-state index contributed by atoms with van der Waals surface area (Å²) in [7, 11) is 3.37. The number of ether oxygens (including phenoxy) is 3. The Morgan fingerprint density at radius 2 is 1.45 bits per heavy atom. The Bertz CT molecular complexity index is 560. The van der Waals surface area contributed by atoms with Gasteiger partial charge in [-0.05, 0) is 36.8 Å². The molecule has 0 N–H and O–H groups in total. The van der Waals surface area contributed by atoms with Crippen LogP contribution in [-0.2, 0) is 4.74 Å². The molecule has 2 aromatic carbocycles. The molecule has 0 bridgehead atoms. The second kappa shape index (κ2) is 7.85. The summed E-state index contributed by atoms with van der Waals surface area (Å²) < 4.78 is 16.7. The molecule has 2 rings (SSSR count). The van der Waals surface area contributed by atoms with Gasteiger partial charge in [0.1, 0.15) is 17.6 Å². The minimum Gasteiger partial charge on any atom is -0.497 e. The molecule has 0 aliphatic rings. The molecule has 0 fully saturated rings. The van der Waals surface area contributed by atoms with Gasteiger partial charge in [-0.3, -0.25) is 0 Å². The summed E-state index contributed by atoms with van der Waals surface area (Å²) in [5.41, 5.74) is 2.42. The van der Waals surface area contributed by atoms with Crippen LogP contribution in [0.3, 0.4) is 0 Å². The van der Waals surface area contributed by atoms with Crippen LogP contribution >= 0.6 is 0 Å². The highest BCUT2D eigenvalue weighted by molar-refractivity contribution is 5.31. The van der Waals surface area contributed by atoms with Crippen LogP contribution in [0.1, 0.15) is 24.0 Å². The van der Waals surface area contributed by atoms with Gasteiger partial charge in [0.15, 0.2) is 0 Å². The quantitative estimate of drug-likeness (QED) is 0.767. The molecule has 22 heavy (non-hydrogen) atoms. The predicted molar refractivity (Wildman–Crippen MR) is 88.9 cm³/mol. The number of hydrogen-bond donors (Lipinski definition) is 0. The average molecular weight is 300 g/mol. The second-order valence-electron chi connectivity index (χ2n) is 5.49. The normalized spacial score (nSPS) is 13.5. The first-order chi connectivity index (χ1) is 10.6. The zero-order valence-electron chi connectivity index (χ0n) is 13.7. The van der Waals surface area contributed by atoms with E-state index >= 15 is 0 Å². The molecular weight excluding hydrogens is 276 g/mol. The Labute approximate surface area is 132 Å². The van der Waals surface area contributed by atoms with Gasteiger partial charge in [0.2, 0.25) is 0 Å². The molecule has 0 amide bonds. The van der Waals surface area contributed by atoms with Crippen LogP contribution in [0.25, 0.3) is 0 Å². The average Bonchev–Trinajstić information content (AvgIpc) is 2.56. The van der Waals surface area contributed by atoms with Crippen LogP contribution in [0.2, 0.25) is 0 Å². The van der Waals surface area contributed by atoms with Crippen molar-refractivity contribution in [3.05, 3.63) is 59.7 Å². The monoisotopic (exact) mass is 300 g/mol. The van der Waals surface area contributed by atoms with E-state index < -0.39 is 0 Å². The zero-order valence-corrected chi connectivity index (χ0v) is 13.7. The Morgan fingerprint density at radius 3 is 2.00 bits per heavy atom. The standard InChI is InChI=1S/C19H24O3/c1-14-5-9-18(10-6-14)22-19(13-20-3)15(2)16-7-11-17(21-4)12-8-16/h5-12,15,19H,13H2,1-4H3. The van der Waals surface area contributed by atoms with Crippen molar-refractivity contribution in [2.24, 2.45) is 0 Å². The fraction of sp³-hybridized carbons (Fsp3) is 0.368. The van der Waals surface area contributed by atoms with Gasteiger partial charge in [-0.2, -0.15) is 0 Å². The lowest BCUT2D eigenvalue weighted by atomic mass is 9.95. The van der Waals surface area contributed by atoms with Crippen LogP contribution < -0.4 is 9.47 Å². The molecule has 0 spiro atoms. The molecule has 0 aromatic heterocycles. The Balaban J connectivity index is 2.12. The fourth-order valence-electron chi connectivity index (χ4n) is 2.36. The van der Waals surface area contributed by atoms with Crippen LogP contribution in [-0.4, -0.2) is 26.9 Å². The van der Waals surface area contributed by atoms with E-state index in [-0.39, 0.29) is 12.0 Å². The van der Waals surface area contributed by atoms with Gasteiger partial charge in [0.05, 0.1) is 13.7 Å². The molecule has 3 heteroatoms. The highest BCUT2D eigenvalue weighted by Crippen LogP contribution is 2.26. The molecule has 2 atom stereocenters. The lowest BCUT2D eigenvalue weighted by molar-refractivity contribution is 0.0670. The van der Waals surface area contributed by atoms with Gasteiger partial charge < -0.3 is 14.2 Å². The van der Waals surface area contributed by atoms with Crippen LogP contribution in [0.5, 0.6) is 11.5 Å². The minimum atomic E-state index is -0.0406. The third kappa shape index (κ3) is 4.25. The number of hydrogen-bond acceptors (Lipinski definition) is 3. The predicted octanol–water partition coefficient (Wildman–Crippen LogP) is 4.20. The highest BCUT2D eigenvalue weighted by atomic mass is 16.5. The molecule has 0 saturated carbocycles. The highest BCUT2D eigenvalue weighted by Gasteiger charge is 2.21. The molecule has 0 radical (unpaired) electrons. The summed E-state index contributed by atoms with van der Waals surface area (Å²) >= 11 is 0. The van der Waals surface area contributed by atoms with E-state index in [1.165, 1.54) is 11.1 Å². The summed E-state index contributed by atoms with van der Waals surface area (Å²) in [6.45, 7) is 4.76. The lowest BCUT2D eigenvalue weighted by Gasteiger charge is -2.25. The Morgan fingerprint density at radius 1 is 0.864 bits per heavy atom. The van der Waals surface area contributed by atoms with Gasteiger partial charge in [-0.15, -0.1) is 0 Å². The van der Waals surface area contributed by atoms with Crippen LogP contribution in [0.15, 0.2) is 48.5 Å². The molecular formula is C19H24O3. The van der Waals surface area contributed by atoms with E-state index in [2.05, 4.69) is 38.1 Å². The summed E-state index contributed by atoms with van der Waals surface area (Å²) in [5.74, 6) is 1.94. The molecule has 2 unspecified atom stereocenters. The maximum absolute atomic E-state index is 6.13. The third-order valence-electron chi connectivity index (χ3n) is 3.84. The van der Waals surface area contributed by atoms with Gasteiger partial charge in [0.25, 0.3) is 0 Å². The van der Waals surface area contributed by atoms with Crippen molar-refractivity contribution in [2.45, 2.75) is 25.9 Å². The largest absolute Gasteiger partial charge is 0.497 e. The smallest absolute Gasteiger partial charge is 0.128 e. The fourth-order valence-corrected chi connectivity index (χ4v) is 2.36. The van der Waals surface area contributed by atoms with E-state index in [1.54, 1.807) is 14.2 Å². The second-order valence-corrected chi connectivity index (χ2v) is 5.49. The van der Waals surface area contributed by atoms with Gasteiger partial charge in [0, 0.05) is 13.0 Å². The summed E-state index contributed by atoms with van der Waals surface area (Å²) in [6.07, 6.45) is -0.0406. The Hall–Kier alpha value is -2.00. The van der Waals surface area contributed by atoms with Crippen molar-refractivity contribution in [3.63, 3.8) is 0 Å². The van der Waals surface area contributed by atoms with Crippen LogP contribution in [0, 0.1) is 6.92 Å². The van der Waals surface area contributed by atoms with Crippen molar-refractivity contribution < 1.29 is 14.2 Å². The zero-order chi connectivity index (χ0) is 15.9. The number of aryl methyl sites for hydroxylation is 1. The maximum Gasteiger partial charge on any atom is 0.128 e. The lowest BCUT2D eigenvalue weighted by Crippen LogP contribution is -2.28. The van der Waals surface area contributed by atoms with E-state index in [4.69, 9.17) is 14.2 Å². The molecule has 0 heterocycles. The van der Waals surface area contributed by atoms with E-state index in [0.29, 0.717) is 6.61 Å². The van der Waals surface area contributed by atoms with Gasteiger partial charge in [-0.1, -0.05) is 36.8 Å². The SMILES string of the molecule is COCC(Oc1ccc(C)cc1)C(C)c1ccc(OC)cc1. The number of rotatable bonds is 7. The minimum absolute atomic E-state index is 0.0406. The molecule has 2 aromatic rings. The Kier molecular flexibility index (Phi) is 5.84. The van der Waals surface area contributed by atoms with Crippen molar-refractivity contribution in [1.82, 2.24) is 0 Å². The van der Waals surface area contributed by atoms with E-state index in [1.807, 2.05) is 24.3 Å². The molecule has 0 aliphatic carbocycles. The van der Waals surface area contributed by atoms with Crippen molar-refractivity contribution >= 4 is 0 Å². The summed E-state index contributed by atoms with van der Waals surface area (Å²) in [5, 5.41) is 0. The van der Waals surface area contributed by atoms with Crippen molar-refractivity contribution in [3.8, 4) is 11.5 Å². The van der Waals surface area contributed by atoms with Crippen molar-refractivity contribution in [2.75, 3.05) is 20.8 Å². The third-order valence-corrected chi connectivity index (χ3v) is 3.84. The van der Waals surface area contributed by atoms with Crippen molar-refractivity contribution in [1.29, 1.82) is 0 Å². The van der Waals surface area contributed by atoms with Gasteiger partial charge >= 0.3 is 0 Å². The molecule has 0 aliphatic heterocycles. The first kappa shape index (κ1) is 16.4. The van der Waals surface area contributed by atoms with Crippen LogP contribution in [0.4, 0.5) is 0 Å². The summed E-state index contributed by atoms with van der Waals surface area (Å²) in [6, 6.07) is 16.2. The topological polar surface area (TPSA) is 27.7 Å². The number of methoxy groups -OCH3 is 2. The van der Waals surface area contributed by atoms with E-state index in [9.17, 15) is 0 Å². The summed E-state index contributed by atoms with van der Waals surface area (Å²) in [4.78, 5) is 0. The first-order valence-corrected chi connectivity index (χ1v) is 7.50.